The molecule has 0 amide bonds. The van der Waals surface area contributed by atoms with Gasteiger partial charge in [-0.05, 0) is 32.4 Å². The summed E-state index contributed by atoms with van der Waals surface area (Å²) in [4.78, 5) is 11.7. The van der Waals surface area contributed by atoms with Crippen molar-refractivity contribution in [2.24, 2.45) is 0 Å². The third-order valence-electron chi connectivity index (χ3n) is 2.98. The molecular formula is C15H23NO2. The highest BCUT2D eigenvalue weighted by atomic mass is 16.5. The van der Waals surface area contributed by atoms with E-state index in [-0.39, 0.29) is 11.5 Å². The van der Waals surface area contributed by atoms with E-state index < -0.39 is 0 Å². The van der Waals surface area contributed by atoms with Crippen molar-refractivity contribution in [2.75, 3.05) is 13.2 Å². The van der Waals surface area contributed by atoms with Gasteiger partial charge >= 0.3 is 5.97 Å². The van der Waals surface area contributed by atoms with Crippen molar-refractivity contribution >= 4 is 5.97 Å². The van der Waals surface area contributed by atoms with Crippen molar-refractivity contribution in [2.45, 2.75) is 39.2 Å². The third kappa shape index (κ3) is 4.15. The number of rotatable bonds is 7. The predicted octanol–water partition coefficient (Wildman–Crippen LogP) is 2.85. The molecule has 1 aromatic rings. The van der Waals surface area contributed by atoms with Crippen LogP contribution in [0, 0.1) is 0 Å². The Morgan fingerprint density at radius 1 is 1.28 bits per heavy atom. The summed E-state index contributed by atoms with van der Waals surface area (Å²) in [6, 6.07) is 10.1. The van der Waals surface area contributed by atoms with Crippen molar-refractivity contribution in [1.82, 2.24) is 5.32 Å². The molecule has 3 nitrogen and oxygen atoms in total. The summed E-state index contributed by atoms with van der Waals surface area (Å²) in [6.45, 7) is 7.30. The molecule has 0 fully saturated rings. The average Bonchev–Trinajstić information content (AvgIpc) is 2.38. The maximum Gasteiger partial charge on any atom is 0.307 e. The van der Waals surface area contributed by atoms with Gasteiger partial charge in [-0.25, -0.2) is 0 Å². The Labute approximate surface area is 110 Å². The lowest BCUT2D eigenvalue weighted by molar-refractivity contribution is -0.144. The van der Waals surface area contributed by atoms with E-state index in [0.717, 1.165) is 18.5 Å². The Morgan fingerprint density at radius 2 is 1.94 bits per heavy atom. The molecule has 0 spiro atoms. The van der Waals surface area contributed by atoms with Crippen molar-refractivity contribution in [3.8, 4) is 0 Å². The molecule has 0 aromatic heterocycles. The van der Waals surface area contributed by atoms with Crippen molar-refractivity contribution in [3.05, 3.63) is 35.9 Å². The lowest BCUT2D eigenvalue weighted by Crippen LogP contribution is -2.42. The zero-order valence-corrected chi connectivity index (χ0v) is 11.5. The number of benzene rings is 1. The van der Waals surface area contributed by atoms with E-state index in [4.69, 9.17) is 4.74 Å². The van der Waals surface area contributed by atoms with Crippen LogP contribution >= 0.6 is 0 Å². The minimum Gasteiger partial charge on any atom is -0.466 e. The second-order valence-corrected chi connectivity index (χ2v) is 4.61. The quantitative estimate of drug-likeness (QED) is 0.755. The van der Waals surface area contributed by atoms with E-state index in [0.29, 0.717) is 13.0 Å². The third-order valence-corrected chi connectivity index (χ3v) is 2.98. The highest BCUT2D eigenvalue weighted by Crippen LogP contribution is 2.25. The Balaban J connectivity index is 2.84. The molecule has 18 heavy (non-hydrogen) atoms. The van der Waals surface area contributed by atoms with Crippen LogP contribution in [0.4, 0.5) is 0 Å². The van der Waals surface area contributed by atoms with Crippen LogP contribution < -0.4 is 5.32 Å². The first-order chi connectivity index (χ1) is 8.62. The van der Waals surface area contributed by atoms with Gasteiger partial charge in [-0.3, -0.25) is 4.79 Å². The number of esters is 1. The van der Waals surface area contributed by atoms with Crippen LogP contribution in [0.1, 0.15) is 39.2 Å². The van der Waals surface area contributed by atoms with E-state index in [1.807, 2.05) is 37.3 Å². The molecule has 3 heteroatoms. The highest BCUT2D eigenvalue weighted by Gasteiger charge is 2.29. The van der Waals surface area contributed by atoms with E-state index in [9.17, 15) is 4.79 Å². The van der Waals surface area contributed by atoms with Crippen LogP contribution in [0.2, 0.25) is 0 Å². The second-order valence-electron chi connectivity index (χ2n) is 4.61. The summed E-state index contributed by atoms with van der Waals surface area (Å²) in [6.07, 6.45) is 1.39. The number of ether oxygens (including phenoxy) is 1. The topological polar surface area (TPSA) is 38.3 Å². The molecule has 1 unspecified atom stereocenters. The van der Waals surface area contributed by atoms with Gasteiger partial charge in [-0.2, -0.15) is 0 Å². The van der Waals surface area contributed by atoms with E-state index in [1.54, 1.807) is 0 Å². The first-order valence-electron chi connectivity index (χ1n) is 6.58. The molecule has 0 saturated heterocycles. The summed E-state index contributed by atoms with van der Waals surface area (Å²) in [7, 11) is 0. The van der Waals surface area contributed by atoms with Crippen LogP contribution in [0.25, 0.3) is 0 Å². The molecule has 0 heterocycles. The van der Waals surface area contributed by atoms with Gasteiger partial charge in [-0.1, -0.05) is 37.3 Å². The number of carbonyl (C=O) groups excluding carboxylic acids is 1. The van der Waals surface area contributed by atoms with Gasteiger partial charge in [0.25, 0.3) is 0 Å². The molecule has 1 aromatic carbocycles. The Hall–Kier alpha value is -1.35. The number of carbonyl (C=O) groups is 1. The average molecular weight is 249 g/mol. The van der Waals surface area contributed by atoms with Gasteiger partial charge in [0.1, 0.15) is 0 Å². The molecule has 100 valence electrons. The molecule has 0 aliphatic rings. The minimum absolute atomic E-state index is 0.160. The normalized spacial score (nSPS) is 13.9. The summed E-state index contributed by atoms with van der Waals surface area (Å²) < 4.78 is 5.06. The Bertz CT molecular complexity index is 364. The smallest absolute Gasteiger partial charge is 0.307 e. The van der Waals surface area contributed by atoms with Crippen LogP contribution in [0.3, 0.4) is 0 Å². The lowest BCUT2D eigenvalue weighted by atomic mass is 9.88. The Morgan fingerprint density at radius 3 is 2.50 bits per heavy atom. The molecular weight excluding hydrogens is 226 g/mol. The summed E-state index contributed by atoms with van der Waals surface area (Å²) in [5.41, 5.74) is 0.760. The van der Waals surface area contributed by atoms with Crippen LogP contribution in [-0.2, 0) is 15.1 Å². The lowest BCUT2D eigenvalue weighted by Gasteiger charge is -2.30. The maximum atomic E-state index is 11.7. The van der Waals surface area contributed by atoms with Gasteiger partial charge < -0.3 is 10.1 Å². The van der Waals surface area contributed by atoms with Gasteiger partial charge in [0.15, 0.2) is 0 Å². The fourth-order valence-corrected chi connectivity index (χ4v) is 1.97. The van der Waals surface area contributed by atoms with E-state index in [2.05, 4.69) is 19.2 Å². The first-order valence-corrected chi connectivity index (χ1v) is 6.58. The van der Waals surface area contributed by atoms with Crippen molar-refractivity contribution < 1.29 is 9.53 Å². The molecule has 0 bridgehead atoms. The second kappa shape index (κ2) is 7.17. The maximum absolute atomic E-state index is 11.7. The zero-order chi connectivity index (χ0) is 13.4. The first kappa shape index (κ1) is 14.7. The largest absolute Gasteiger partial charge is 0.466 e. The predicted molar refractivity (Wildman–Crippen MR) is 73.3 cm³/mol. The summed E-state index contributed by atoms with van der Waals surface area (Å²) in [5.74, 6) is -0.160. The highest BCUT2D eigenvalue weighted by molar-refractivity contribution is 5.71. The van der Waals surface area contributed by atoms with Gasteiger partial charge in [-0.15, -0.1) is 0 Å². The molecule has 1 N–H and O–H groups in total. The fraction of sp³-hybridized carbons (Fsp3) is 0.533. The zero-order valence-electron chi connectivity index (χ0n) is 11.5. The number of hydrogen-bond donors (Lipinski definition) is 1. The van der Waals surface area contributed by atoms with E-state index >= 15 is 0 Å². The van der Waals surface area contributed by atoms with Crippen molar-refractivity contribution in [3.63, 3.8) is 0 Å². The van der Waals surface area contributed by atoms with Crippen LogP contribution in [0.15, 0.2) is 30.3 Å². The molecule has 1 rings (SSSR count). The van der Waals surface area contributed by atoms with Gasteiger partial charge in [0.05, 0.1) is 18.6 Å². The van der Waals surface area contributed by atoms with E-state index in [1.165, 1.54) is 0 Å². The minimum atomic E-state index is -0.358. The summed E-state index contributed by atoms with van der Waals surface area (Å²) in [5, 5.41) is 3.45. The molecule has 0 aliphatic heterocycles. The number of hydrogen-bond acceptors (Lipinski definition) is 3. The Kier molecular flexibility index (Phi) is 5.86. The molecule has 0 saturated carbocycles. The molecule has 0 radical (unpaired) electrons. The fourth-order valence-electron chi connectivity index (χ4n) is 1.97. The van der Waals surface area contributed by atoms with Crippen LogP contribution in [0.5, 0.6) is 0 Å². The standard InChI is InChI=1S/C15H23NO2/c1-4-11-16-15(3,12-14(17)18-5-2)13-9-7-6-8-10-13/h6-10,16H,4-5,11-12H2,1-3H3. The summed E-state index contributed by atoms with van der Waals surface area (Å²) >= 11 is 0. The van der Waals surface area contributed by atoms with Crippen molar-refractivity contribution in [1.29, 1.82) is 0 Å². The monoisotopic (exact) mass is 249 g/mol. The van der Waals surface area contributed by atoms with Crippen LogP contribution in [-0.4, -0.2) is 19.1 Å². The van der Waals surface area contributed by atoms with Gasteiger partial charge in [0.2, 0.25) is 0 Å². The van der Waals surface area contributed by atoms with Gasteiger partial charge in [0, 0.05) is 0 Å². The molecule has 0 aliphatic carbocycles. The number of nitrogens with one attached hydrogen (secondary N) is 1. The SMILES string of the molecule is CCCNC(C)(CC(=O)OCC)c1ccccc1. The molecule has 1 atom stereocenters.